The first-order valence-corrected chi connectivity index (χ1v) is 9.36. The first-order chi connectivity index (χ1) is 9.67. The Kier molecular flexibility index (Phi) is 6.24. The molecule has 1 atom stereocenters. The van der Waals surface area contributed by atoms with E-state index in [2.05, 4.69) is 10.0 Å². The molecule has 1 aromatic rings. The van der Waals surface area contributed by atoms with Gasteiger partial charge in [-0.25, -0.2) is 13.1 Å². The van der Waals surface area contributed by atoms with Gasteiger partial charge in [0.1, 0.15) is 0 Å². The molecule has 0 radical (unpaired) electrons. The molecule has 0 unspecified atom stereocenters. The van der Waals surface area contributed by atoms with Gasteiger partial charge in [0.05, 0.1) is 10.6 Å². The Morgan fingerprint density at radius 2 is 1.86 bits per heavy atom. The van der Waals surface area contributed by atoms with E-state index in [1.165, 1.54) is 24.8 Å². The van der Waals surface area contributed by atoms with Crippen LogP contribution >= 0.6 is 11.8 Å². The molecule has 0 heterocycles. The van der Waals surface area contributed by atoms with E-state index in [-0.39, 0.29) is 22.8 Å². The van der Waals surface area contributed by atoms with E-state index >= 15 is 0 Å². The van der Waals surface area contributed by atoms with Crippen LogP contribution in [-0.4, -0.2) is 26.6 Å². The zero-order valence-corrected chi connectivity index (χ0v) is 14.6. The SMILES string of the molecule is CSc1ccc(S(=O)(=O)N[C@H](C)C(C)C)cc1NC(C)=O. The minimum atomic E-state index is -3.60. The summed E-state index contributed by atoms with van der Waals surface area (Å²) in [4.78, 5) is 12.2. The van der Waals surface area contributed by atoms with Crippen molar-refractivity contribution in [1.29, 1.82) is 0 Å². The molecule has 21 heavy (non-hydrogen) atoms. The molecule has 1 aromatic carbocycles. The van der Waals surface area contributed by atoms with Crippen LogP contribution in [-0.2, 0) is 14.8 Å². The second-order valence-electron chi connectivity index (χ2n) is 5.20. The number of thioether (sulfide) groups is 1. The van der Waals surface area contributed by atoms with Crippen molar-refractivity contribution >= 4 is 33.4 Å². The number of carbonyl (C=O) groups excluding carboxylic acids is 1. The summed E-state index contributed by atoms with van der Waals surface area (Å²) < 4.78 is 27.4. The molecule has 2 N–H and O–H groups in total. The molecule has 0 aliphatic rings. The number of hydrogen-bond acceptors (Lipinski definition) is 4. The van der Waals surface area contributed by atoms with Gasteiger partial charge in [-0.05, 0) is 37.3 Å². The average Bonchev–Trinajstić information content (AvgIpc) is 2.37. The quantitative estimate of drug-likeness (QED) is 0.786. The molecule has 0 aliphatic carbocycles. The smallest absolute Gasteiger partial charge is 0.240 e. The van der Waals surface area contributed by atoms with E-state index < -0.39 is 10.0 Å². The molecule has 1 amide bonds. The standard InChI is InChI=1S/C14H22N2O3S2/c1-9(2)10(3)16-21(18,19)12-6-7-14(20-5)13(8-12)15-11(4)17/h6-10,16H,1-5H3,(H,15,17)/t10-/m1/s1. The Labute approximate surface area is 130 Å². The summed E-state index contributed by atoms with van der Waals surface area (Å²) in [6.45, 7) is 7.12. The van der Waals surface area contributed by atoms with E-state index in [0.29, 0.717) is 5.69 Å². The van der Waals surface area contributed by atoms with E-state index in [9.17, 15) is 13.2 Å². The van der Waals surface area contributed by atoms with Crippen molar-refractivity contribution < 1.29 is 13.2 Å². The fourth-order valence-electron chi connectivity index (χ4n) is 1.59. The zero-order chi connectivity index (χ0) is 16.2. The van der Waals surface area contributed by atoms with Gasteiger partial charge >= 0.3 is 0 Å². The van der Waals surface area contributed by atoms with Gasteiger partial charge in [-0.1, -0.05) is 13.8 Å². The number of hydrogen-bond donors (Lipinski definition) is 2. The first kappa shape index (κ1) is 18.0. The van der Waals surface area contributed by atoms with Crippen LogP contribution in [0.2, 0.25) is 0 Å². The van der Waals surface area contributed by atoms with Crippen LogP contribution in [0.3, 0.4) is 0 Å². The highest BCUT2D eigenvalue weighted by molar-refractivity contribution is 7.98. The minimum Gasteiger partial charge on any atom is -0.325 e. The highest BCUT2D eigenvalue weighted by Gasteiger charge is 2.20. The van der Waals surface area contributed by atoms with Crippen molar-refractivity contribution in [3.63, 3.8) is 0 Å². The third kappa shape index (κ3) is 5.01. The maximum Gasteiger partial charge on any atom is 0.240 e. The van der Waals surface area contributed by atoms with Crippen LogP contribution in [0.1, 0.15) is 27.7 Å². The summed E-state index contributed by atoms with van der Waals surface area (Å²) >= 11 is 1.45. The van der Waals surface area contributed by atoms with Crippen molar-refractivity contribution in [2.45, 2.75) is 43.5 Å². The van der Waals surface area contributed by atoms with Crippen LogP contribution in [0.4, 0.5) is 5.69 Å². The second-order valence-corrected chi connectivity index (χ2v) is 7.76. The Hall–Kier alpha value is -1.05. The van der Waals surface area contributed by atoms with Gasteiger partial charge in [0.15, 0.2) is 0 Å². The zero-order valence-electron chi connectivity index (χ0n) is 12.9. The predicted octanol–water partition coefficient (Wildman–Crippen LogP) is 2.69. The third-order valence-electron chi connectivity index (χ3n) is 3.13. The topological polar surface area (TPSA) is 75.3 Å². The van der Waals surface area contributed by atoms with Crippen molar-refractivity contribution in [2.24, 2.45) is 5.92 Å². The number of carbonyl (C=O) groups is 1. The van der Waals surface area contributed by atoms with Crippen LogP contribution in [0, 0.1) is 5.92 Å². The van der Waals surface area contributed by atoms with Crippen LogP contribution in [0.25, 0.3) is 0 Å². The van der Waals surface area contributed by atoms with E-state index in [1.54, 1.807) is 12.1 Å². The molecule has 5 nitrogen and oxygen atoms in total. The van der Waals surface area contributed by atoms with Gasteiger partial charge in [-0.2, -0.15) is 0 Å². The Bertz CT molecular complexity index is 613. The number of sulfonamides is 1. The summed E-state index contributed by atoms with van der Waals surface area (Å²) in [7, 11) is -3.60. The molecule has 0 aromatic heterocycles. The summed E-state index contributed by atoms with van der Waals surface area (Å²) in [5.41, 5.74) is 0.509. The lowest BCUT2D eigenvalue weighted by Crippen LogP contribution is -2.36. The number of anilines is 1. The number of rotatable bonds is 6. The van der Waals surface area contributed by atoms with Gasteiger partial charge < -0.3 is 5.32 Å². The molecule has 0 saturated heterocycles. The lowest BCUT2D eigenvalue weighted by molar-refractivity contribution is -0.114. The summed E-state index contributed by atoms with van der Waals surface area (Å²) in [5, 5.41) is 2.66. The predicted molar refractivity (Wildman–Crippen MR) is 87.1 cm³/mol. The minimum absolute atomic E-state index is 0.150. The number of benzene rings is 1. The molecule has 0 fully saturated rings. The monoisotopic (exact) mass is 330 g/mol. The molecular weight excluding hydrogens is 308 g/mol. The molecule has 0 aliphatic heterocycles. The van der Waals surface area contributed by atoms with Crippen molar-refractivity contribution in [3.05, 3.63) is 18.2 Å². The molecule has 0 spiro atoms. The lowest BCUT2D eigenvalue weighted by Gasteiger charge is -2.18. The molecular formula is C14H22N2O3S2. The largest absolute Gasteiger partial charge is 0.325 e. The molecule has 0 saturated carbocycles. The Morgan fingerprint density at radius 1 is 1.24 bits per heavy atom. The number of amides is 1. The summed E-state index contributed by atoms with van der Waals surface area (Å²) in [6.07, 6.45) is 1.87. The Balaban J connectivity index is 3.15. The van der Waals surface area contributed by atoms with E-state index in [1.807, 2.05) is 27.0 Å². The van der Waals surface area contributed by atoms with Gasteiger partial charge in [0, 0.05) is 17.9 Å². The fraction of sp³-hybridized carbons (Fsp3) is 0.500. The second kappa shape index (κ2) is 7.29. The van der Waals surface area contributed by atoms with Crippen molar-refractivity contribution in [1.82, 2.24) is 4.72 Å². The lowest BCUT2D eigenvalue weighted by atomic mass is 10.1. The average molecular weight is 330 g/mol. The number of nitrogens with one attached hydrogen (secondary N) is 2. The maximum absolute atomic E-state index is 12.4. The summed E-state index contributed by atoms with van der Waals surface area (Å²) in [6, 6.07) is 4.57. The van der Waals surface area contributed by atoms with Crippen LogP contribution in [0.5, 0.6) is 0 Å². The molecule has 7 heteroatoms. The van der Waals surface area contributed by atoms with E-state index in [4.69, 9.17) is 0 Å². The fourth-order valence-corrected chi connectivity index (χ4v) is 3.54. The molecule has 118 valence electrons. The van der Waals surface area contributed by atoms with Crippen molar-refractivity contribution in [3.8, 4) is 0 Å². The van der Waals surface area contributed by atoms with Gasteiger partial charge in [0.2, 0.25) is 15.9 Å². The normalized spacial score (nSPS) is 13.2. The molecule has 1 rings (SSSR count). The third-order valence-corrected chi connectivity index (χ3v) is 5.49. The highest BCUT2D eigenvalue weighted by Crippen LogP contribution is 2.28. The van der Waals surface area contributed by atoms with Gasteiger partial charge in [-0.3, -0.25) is 4.79 Å². The molecule has 0 bridgehead atoms. The van der Waals surface area contributed by atoms with Crippen LogP contribution < -0.4 is 10.0 Å². The highest BCUT2D eigenvalue weighted by atomic mass is 32.2. The van der Waals surface area contributed by atoms with Gasteiger partial charge in [0.25, 0.3) is 0 Å². The Morgan fingerprint density at radius 3 is 2.33 bits per heavy atom. The van der Waals surface area contributed by atoms with Gasteiger partial charge in [-0.15, -0.1) is 11.8 Å². The van der Waals surface area contributed by atoms with Crippen LogP contribution in [0.15, 0.2) is 28.0 Å². The van der Waals surface area contributed by atoms with E-state index in [0.717, 1.165) is 4.90 Å². The van der Waals surface area contributed by atoms with Crippen molar-refractivity contribution in [2.75, 3.05) is 11.6 Å². The summed E-state index contributed by atoms with van der Waals surface area (Å²) in [5.74, 6) is -0.0385. The maximum atomic E-state index is 12.4. The first-order valence-electron chi connectivity index (χ1n) is 6.65.